The second kappa shape index (κ2) is 4.52. The molecule has 0 radical (unpaired) electrons. The first-order valence-corrected chi connectivity index (χ1v) is 6.27. The van der Waals surface area contributed by atoms with Crippen LogP contribution in [0.1, 0.15) is 18.4 Å². The molecule has 0 amide bonds. The van der Waals surface area contributed by atoms with Gasteiger partial charge in [-0.05, 0) is 43.5 Å². The molecular weight excluding hydrogens is 198 g/mol. The lowest BCUT2D eigenvalue weighted by molar-refractivity contribution is 0.117. The van der Waals surface area contributed by atoms with E-state index >= 15 is 0 Å². The lowest BCUT2D eigenvalue weighted by Crippen LogP contribution is -2.44. The standard InChI is InChI=1S/C13H19N3/c1-3-11(7-14-5-1)10-16-6-2-4-12-8-15-9-13(12)16/h1,3,5,7,12-13,15H,2,4,6,8-10H2. The number of piperidine rings is 1. The summed E-state index contributed by atoms with van der Waals surface area (Å²) in [5, 5.41) is 3.52. The van der Waals surface area contributed by atoms with E-state index in [-0.39, 0.29) is 0 Å². The highest BCUT2D eigenvalue weighted by molar-refractivity contribution is 5.09. The summed E-state index contributed by atoms with van der Waals surface area (Å²) in [6.45, 7) is 4.70. The molecule has 2 aliphatic heterocycles. The third-order valence-electron chi connectivity index (χ3n) is 3.90. The van der Waals surface area contributed by atoms with Crippen LogP contribution in [0.4, 0.5) is 0 Å². The zero-order valence-electron chi connectivity index (χ0n) is 9.60. The van der Waals surface area contributed by atoms with Gasteiger partial charge in [-0.2, -0.15) is 0 Å². The average Bonchev–Trinajstić information content (AvgIpc) is 2.80. The molecule has 1 N–H and O–H groups in total. The fourth-order valence-corrected chi connectivity index (χ4v) is 3.09. The molecule has 0 spiro atoms. The summed E-state index contributed by atoms with van der Waals surface area (Å²) in [5.41, 5.74) is 1.34. The van der Waals surface area contributed by atoms with Crippen LogP contribution in [0.3, 0.4) is 0 Å². The molecule has 0 saturated carbocycles. The minimum Gasteiger partial charge on any atom is -0.315 e. The van der Waals surface area contributed by atoms with E-state index in [1.165, 1.54) is 38.0 Å². The molecule has 2 fully saturated rings. The van der Waals surface area contributed by atoms with Crippen molar-refractivity contribution in [2.75, 3.05) is 19.6 Å². The van der Waals surface area contributed by atoms with Gasteiger partial charge in [-0.15, -0.1) is 0 Å². The molecule has 1 aromatic heterocycles. The van der Waals surface area contributed by atoms with E-state index in [9.17, 15) is 0 Å². The first-order valence-electron chi connectivity index (χ1n) is 6.27. The number of aromatic nitrogens is 1. The van der Waals surface area contributed by atoms with Gasteiger partial charge in [0, 0.05) is 31.5 Å². The maximum atomic E-state index is 4.19. The molecule has 16 heavy (non-hydrogen) atoms. The number of hydrogen-bond acceptors (Lipinski definition) is 3. The molecule has 3 heteroatoms. The van der Waals surface area contributed by atoms with Crippen LogP contribution in [0.2, 0.25) is 0 Å². The lowest BCUT2D eigenvalue weighted by atomic mass is 9.92. The van der Waals surface area contributed by atoms with Crippen LogP contribution in [0, 0.1) is 5.92 Å². The van der Waals surface area contributed by atoms with E-state index in [0.29, 0.717) is 0 Å². The zero-order valence-corrected chi connectivity index (χ0v) is 9.60. The van der Waals surface area contributed by atoms with Gasteiger partial charge < -0.3 is 5.32 Å². The van der Waals surface area contributed by atoms with Crippen LogP contribution in [0.25, 0.3) is 0 Å². The Bertz CT molecular complexity index is 338. The number of hydrogen-bond donors (Lipinski definition) is 1. The summed E-state index contributed by atoms with van der Waals surface area (Å²) >= 11 is 0. The van der Waals surface area contributed by atoms with Crippen molar-refractivity contribution in [2.45, 2.75) is 25.4 Å². The predicted octanol–water partition coefficient (Wildman–Crippen LogP) is 1.27. The number of nitrogens with one attached hydrogen (secondary N) is 1. The molecule has 0 bridgehead atoms. The van der Waals surface area contributed by atoms with Gasteiger partial charge in [0.15, 0.2) is 0 Å². The highest BCUT2D eigenvalue weighted by atomic mass is 15.2. The summed E-state index contributed by atoms with van der Waals surface area (Å²) in [6, 6.07) is 4.97. The molecule has 3 heterocycles. The number of pyridine rings is 1. The van der Waals surface area contributed by atoms with Crippen molar-refractivity contribution in [3.05, 3.63) is 30.1 Å². The third-order valence-corrected chi connectivity index (χ3v) is 3.90. The number of likely N-dealkylation sites (tertiary alicyclic amines) is 1. The Morgan fingerprint density at radius 1 is 1.44 bits per heavy atom. The molecule has 0 aromatic carbocycles. The van der Waals surface area contributed by atoms with Crippen LogP contribution >= 0.6 is 0 Å². The zero-order chi connectivity index (χ0) is 10.8. The van der Waals surface area contributed by atoms with Crippen molar-refractivity contribution in [2.24, 2.45) is 5.92 Å². The molecule has 2 atom stereocenters. The maximum Gasteiger partial charge on any atom is 0.0312 e. The van der Waals surface area contributed by atoms with Crippen molar-refractivity contribution < 1.29 is 0 Å². The Kier molecular flexibility index (Phi) is 2.89. The van der Waals surface area contributed by atoms with Crippen LogP contribution in [0.15, 0.2) is 24.5 Å². The van der Waals surface area contributed by atoms with E-state index in [1.54, 1.807) is 0 Å². The number of fused-ring (bicyclic) bond motifs is 1. The fraction of sp³-hybridized carbons (Fsp3) is 0.615. The SMILES string of the molecule is c1cncc(CN2CCCC3CNCC32)c1. The smallest absolute Gasteiger partial charge is 0.0312 e. The normalized spacial score (nSPS) is 30.2. The van der Waals surface area contributed by atoms with Crippen molar-refractivity contribution in [1.82, 2.24) is 15.2 Å². The minimum atomic E-state index is 0.758. The molecule has 3 rings (SSSR count). The highest BCUT2D eigenvalue weighted by Gasteiger charge is 2.34. The van der Waals surface area contributed by atoms with E-state index in [2.05, 4.69) is 21.3 Å². The molecule has 3 nitrogen and oxygen atoms in total. The minimum absolute atomic E-state index is 0.758. The molecular formula is C13H19N3. The van der Waals surface area contributed by atoms with E-state index in [1.807, 2.05) is 18.5 Å². The second-order valence-electron chi connectivity index (χ2n) is 4.96. The van der Waals surface area contributed by atoms with Crippen LogP contribution < -0.4 is 5.32 Å². The van der Waals surface area contributed by atoms with Gasteiger partial charge in [0.25, 0.3) is 0 Å². The Balaban J connectivity index is 1.70. The number of rotatable bonds is 2. The third kappa shape index (κ3) is 1.97. The van der Waals surface area contributed by atoms with Crippen molar-refractivity contribution in [1.29, 1.82) is 0 Å². The van der Waals surface area contributed by atoms with E-state index in [0.717, 1.165) is 18.5 Å². The number of nitrogens with zero attached hydrogens (tertiary/aromatic N) is 2. The Labute approximate surface area is 96.9 Å². The predicted molar refractivity (Wildman–Crippen MR) is 64.0 cm³/mol. The van der Waals surface area contributed by atoms with E-state index < -0.39 is 0 Å². The van der Waals surface area contributed by atoms with Gasteiger partial charge in [0.1, 0.15) is 0 Å². The monoisotopic (exact) mass is 217 g/mol. The molecule has 2 aliphatic rings. The molecule has 2 unspecified atom stereocenters. The van der Waals surface area contributed by atoms with Gasteiger partial charge in [-0.25, -0.2) is 0 Å². The summed E-state index contributed by atoms with van der Waals surface area (Å²) in [4.78, 5) is 6.82. The summed E-state index contributed by atoms with van der Waals surface area (Å²) in [7, 11) is 0. The lowest BCUT2D eigenvalue weighted by Gasteiger charge is -2.36. The van der Waals surface area contributed by atoms with Crippen molar-refractivity contribution in [3.8, 4) is 0 Å². The second-order valence-corrected chi connectivity index (χ2v) is 4.96. The van der Waals surface area contributed by atoms with Crippen molar-refractivity contribution >= 4 is 0 Å². The molecule has 1 aromatic rings. The average molecular weight is 217 g/mol. The summed E-state index contributed by atoms with van der Waals surface area (Å²) in [6.07, 6.45) is 6.59. The fourth-order valence-electron chi connectivity index (χ4n) is 3.09. The Morgan fingerprint density at radius 2 is 2.44 bits per heavy atom. The van der Waals surface area contributed by atoms with Gasteiger partial charge in [-0.3, -0.25) is 9.88 Å². The molecule has 2 saturated heterocycles. The first kappa shape index (κ1) is 10.2. The van der Waals surface area contributed by atoms with Gasteiger partial charge in [0.2, 0.25) is 0 Å². The van der Waals surface area contributed by atoms with Crippen LogP contribution in [0.5, 0.6) is 0 Å². The first-order chi connectivity index (χ1) is 7.93. The Hall–Kier alpha value is -0.930. The Morgan fingerprint density at radius 3 is 3.31 bits per heavy atom. The molecule has 86 valence electrons. The maximum absolute atomic E-state index is 4.19. The summed E-state index contributed by atoms with van der Waals surface area (Å²) in [5.74, 6) is 0.880. The highest BCUT2D eigenvalue weighted by Crippen LogP contribution is 2.27. The van der Waals surface area contributed by atoms with Crippen molar-refractivity contribution in [3.63, 3.8) is 0 Å². The van der Waals surface area contributed by atoms with Gasteiger partial charge in [-0.1, -0.05) is 6.07 Å². The van der Waals surface area contributed by atoms with Crippen LogP contribution in [-0.2, 0) is 6.54 Å². The quantitative estimate of drug-likeness (QED) is 0.808. The van der Waals surface area contributed by atoms with Gasteiger partial charge >= 0.3 is 0 Å². The molecule has 0 aliphatic carbocycles. The van der Waals surface area contributed by atoms with Gasteiger partial charge in [0.05, 0.1) is 0 Å². The topological polar surface area (TPSA) is 28.2 Å². The largest absolute Gasteiger partial charge is 0.315 e. The summed E-state index contributed by atoms with van der Waals surface area (Å²) < 4.78 is 0. The van der Waals surface area contributed by atoms with Crippen LogP contribution in [-0.4, -0.2) is 35.6 Å². The van der Waals surface area contributed by atoms with E-state index in [4.69, 9.17) is 0 Å².